The lowest BCUT2D eigenvalue weighted by molar-refractivity contribution is 0.0604. The molecule has 0 radical (unpaired) electrons. The largest absolute Gasteiger partial charge is 0.413 e. The van der Waals surface area contributed by atoms with Crippen LogP contribution >= 0.6 is 0 Å². The van der Waals surface area contributed by atoms with Gasteiger partial charge in [0.25, 0.3) is 0 Å². The molecule has 0 saturated carbocycles. The fourth-order valence-corrected chi connectivity index (χ4v) is 4.86. The van der Waals surface area contributed by atoms with Gasteiger partial charge in [0.05, 0.1) is 12.2 Å². The van der Waals surface area contributed by atoms with E-state index in [0.717, 1.165) is 0 Å². The second-order valence-corrected chi connectivity index (χ2v) is 19.8. The molecule has 4 heteroatoms. The van der Waals surface area contributed by atoms with Crippen LogP contribution in [0.3, 0.4) is 0 Å². The van der Waals surface area contributed by atoms with E-state index in [2.05, 4.69) is 87.2 Å². The maximum absolute atomic E-state index is 6.67. The predicted octanol–water partition coefficient (Wildman–Crippen LogP) is 6.61. The molecule has 146 valence electrons. The molecule has 0 heterocycles. The van der Waals surface area contributed by atoms with Gasteiger partial charge in [0.15, 0.2) is 16.6 Å². The molecule has 2 nitrogen and oxygen atoms in total. The molecule has 0 amide bonds. The first-order valence-corrected chi connectivity index (χ1v) is 15.2. The Hall–Kier alpha value is -0.346. The summed E-state index contributed by atoms with van der Waals surface area (Å²) < 4.78 is 13.3. The molecule has 0 aromatic heterocycles. The Balaban J connectivity index is 5.47. The highest BCUT2D eigenvalue weighted by Crippen LogP contribution is 2.41. The Kier molecular flexibility index (Phi) is 8.44. The van der Waals surface area contributed by atoms with Gasteiger partial charge in [0.2, 0.25) is 0 Å². The monoisotopic (exact) mass is 382 g/mol. The topological polar surface area (TPSA) is 18.5 Å². The predicted molar refractivity (Wildman–Crippen MR) is 117 cm³/mol. The molecule has 0 aliphatic rings. The lowest BCUT2D eigenvalue weighted by atomic mass is 9.96. The average molecular weight is 383 g/mol. The molecule has 0 spiro atoms. The van der Waals surface area contributed by atoms with E-state index in [9.17, 15) is 0 Å². The summed E-state index contributed by atoms with van der Waals surface area (Å²) in [5.41, 5.74) is 0. The van der Waals surface area contributed by atoms with Gasteiger partial charge in [-0.25, -0.2) is 0 Å². The molecule has 0 aromatic carbocycles. The molecule has 0 saturated heterocycles. The summed E-state index contributed by atoms with van der Waals surface area (Å²) in [6, 6.07) is 0. The third-order valence-electron chi connectivity index (χ3n) is 6.15. The summed E-state index contributed by atoms with van der Waals surface area (Å²) in [5, 5.41) is 0.319. The fraction of sp³-hybridized carbons (Fsp3) is 0.810. The van der Waals surface area contributed by atoms with Crippen LogP contribution in [0.5, 0.6) is 0 Å². The lowest BCUT2D eigenvalue weighted by Crippen LogP contribution is -2.50. The number of terminal acetylenes is 1. The highest BCUT2D eigenvalue weighted by molar-refractivity contribution is 6.74. The van der Waals surface area contributed by atoms with E-state index in [1.807, 2.05) is 6.08 Å². The van der Waals surface area contributed by atoms with E-state index in [-0.39, 0.29) is 28.2 Å². The summed E-state index contributed by atoms with van der Waals surface area (Å²) in [5.74, 6) is 2.99. The van der Waals surface area contributed by atoms with Gasteiger partial charge in [-0.1, -0.05) is 54.5 Å². The van der Waals surface area contributed by atoms with E-state index in [0.29, 0.717) is 6.42 Å². The van der Waals surface area contributed by atoms with Crippen molar-refractivity contribution in [3.05, 3.63) is 12.7 Å². The summed E-state index contributed by atoms with van der Waals surface area (Å²) in [6.07, 6.45) is 8.17. The highest BCUT2D eigenvalue weighted by atomic mass is 28.4. The lowest BCUT2D eigenvalue weighted by Gasteiger charge is -2.44. The minimum absolute atomic E-state index is 0.00124. The van der Waals surface area contributed by atoms with Crippen molar-refractivity contribution in [1.29, 1.82) is 0 Å². The first-order valence-electron chi connectivity index (χ1n) is 9.42. The Morgan fingerprint density at radius 2 is 1.36 bits per heavy atom. The first-order chi connectivity index (χ1) is 11.0. The molecule has 0 rings (SSSR count). The quantitative estimate of drug-likeness (QED) is 0.267. The third kappa shape index (κ3) is 6.71. The van der Waals surface area contributed by atoms with Crippen LogP contribution in [0.2, 0.25) is 36.3 Å². The standard InChI is InChI=1S/C21H42O2Si2/c1-14-16-19(23-25(12,13)21(7,8)9)17(3)18(15-2)22-24(10,11)20(4,5)6/h1,15,17-19H,2,16H2,3-13H3/t17-,18+,19+/m0/s1. The van der Waals surface area contributed by atoms with Crippen molar-refractivity contribution in [2.75, 3.05) is 0 Å². The van der Waals surface area contributed by atoms with Crippen LogP contribution in [0.25, 0.3) is 0 Å². The van der Waals surface area contributed by atoms with Gasteiger partial charge in [-0.2, -0.15) is 0 Å². The van der Waals surface area contributed by atoms with Crippen LogP contribution in [-0.4, -0.2) is 28.8 Å². The Morgan fingerprint density at radius 1 is 0.960 bits per heavy atom. The van der Waals surface area contributed by atoms with Crippen molar-refractivity contribution in [3.8, 4) is 12.3 Å². The summed E-state index contributed by atoms with van der Waals surface area (Å²) in [4.78, 5) is 0. The van der Waals surface area contributed by atoms with Crippen molar-refractivity contribution >= 4 is 16.6 Å². The van der Waals surface area contributed by atoms with Crippen LogP contribution in [0, 0.1) is 18.3 Å². The summed E-state index contributed by atoms with van der Waals surface area (Å²) in [7, 11) is -3.78. The van der Waals surface area contributed by atoms with E-state index in [4.69, 9.17) is 15.3 Å². The second kappa shape index (κ2) is 8.56. The van der Waals surface area contributed by atoms with E-state index < -0.39 is 16.6 Å². The zero-order valence-electron chi connectivity index (χ0n) is 18.6. The molecular formula is C21H42O2Si2. The van der Waals surface area contributed by atoms with Crippen molar-refractivity contribution < 1.29 is 8.85 Å². The van der Waals surface area contributed by atoms with Crippen LogP contribution in [-0.2, 0) is 8.85 Å². The van der Waals surface area contributed by atoms with Gasteiger partial charge in [-0.05, 0) is 36.3 Å². The van der Waals surface area contributed by atoms with Gasteiger partial charge in [0.1, 0.15) is 0 Å². The van der Waals surface area contributed by atoms with Crippen molar-refractivity contribution in [2.24, 2.45) is 5.92 Å². The van der Waals surface area contributed by atoms with Crippen LogP contribution in [0.1, 0.15) is 54.9 Å². The van der Waals surface area contributed by atoms with Crippen molar-refractivity contribution in [1.82, 2.24) is 0 Å². The maximum Gasteiger partial charge on any atom is 0.192 e. The van der Waals surface area contributed by atoms with Gasteiger partial charge in [-0.3, -0.25) is 0 Å². The number of hydrogen-bond acceptors (Lipinski definition) is 2. The maximum atomic E-state index is 6.67. The zero-order valence-corrected chi connectivity index (χ0v) is 20.6. The van der Waals surface area contributed by atoms with Gasteiger partial charge >= 0.3 is 0 Å². The van der Waals surface area contributed by atoms with Crippen molar-refractivity contribution in [3.63, 3.8) is 0 Å². The van der Waals surface area contributed by atoms with Gasteiger partial charge < -0.3 is 8.85 Å². The zero-order chi connectivity index (χ0) is 20.3. The SMILES string of the molecule is C#CC[C@@H](O[Si](C)(C)C(C)(C)C)[C@@H](C)[C@@H](C=C)O[Si](C)(C)C(C)(C)C. The molecule has 3 atom stereocenters. The summed E-state index contributed by atoms with van der Waals surface area (Å²) >= 11 is 0. The highest BCUT2D eigenvalue weighted by Gasteiger charge is 2.43. The molecule has 25 heavy (non-hydrogen) atoms. The van der Waals surface area contributed by atoms with Gasteiger partial charge in [-0.15, -0.1) is 18.9 Å². The Morgan fingerprint density at radius 3 is 1.68 bits per heavy atom. The van der Waals surface area contributed by atoms with Crippen LogP contribution in [0.15, 0.2) is 12.7 Å². The van der Waals surface area contributed by atoms with E-state index in [1.54, 1.807) is 0 Å². The number of hydrogen-bond donors (Lipinski definition) is 0. The van der Waals surface area contributed by atoms with Crippen LogP contribution < -0.4 is 0 Å². The minimum atomic E-state index is -1.90. The molecule has 0 aromatic rings. The minimum Gasteiger partial charge on any atom is -0.413 e. The number of rotatable bonds is 8. The third-order valence-corrected chi connectivity index (χ3v) is 15.1. The molecule has 0 aliphatic heterocycles. The van der Waals surface area contributed by atoms with E-state index >= 15 is 0 Å². The fourth-order valence-electron chi connectivity index (χ4n) is 2.10. The Labute approximate surface area is 160 Å². The molecule has 0 aliphatic carbocycles. The Bertz CT molecular complexity index is 476. The molecular weight excluding hydrogens is 340 g/mol. The molecule has 0 fully saturated rings. The first kappa shape index (κ1) is 24.7. The second-order valence-electron chi connectivity index (χ2n) is 10.3. The van der Waals surface area contributed by atoms with E-state index in [1.165, 1.54) is 0 Å². The van der Waals surface area contributed by atoms with Gasteiger partial charge in [0, 0.05) is 12.3 Å². The van der Waals surface area contributed by atoms with Crippen LogP contribution in [0.4, 0.5) is 0 Å². The smallest absolute Gasteiger partial charge is 0.192 e. The molecule has 0 N–H and O–H groups in total. The molecule has 0 bridgehead atoms. The normalized spacial score (nSPS) is 17.5. The average Bonchev–Trinajstić information content (AvgIpc) is 2.40. The summed E-state index contributed by atoms with van der Waals surface area (Å²) in [6.45, 7) is 28.9. The molecule has 0 unspecified atom stereocenters. The van der Waals surface area contributed by atoms with Crippen molar-refractivity contribution in [2.45, 2.75) is 103 Å².